The van der Waals surface area contributed by atoms with Crippen LogP contribution in [0.5, 0.6) is 0 Å². The zero-order chi connectivity index (χ0) is 20.4. The Hall–Kier alpha value is -1.15. The molecule has 2 saturated carbocycles. The number of thiophene rings is 1. The highest BCUT2D eigenvalue weighted by Crippen LogP contribution is 2.44. The molecule has 0 bridgehead atoms. The number of carboxylic acid groups (broad SMARTS) is 1. The van der Waals surface area contributed by atoms with E-state index in [1.54, 1.807) is 6.92 Å². The lowest BCUT2D eigenvalue weighted by Gasteiger charge is -2.35. The van der Waals surface area contributed by atoms with Crippen LogP contribution in [0.4, 0.5) is 0 Å². The lowest BCUT2D eigenvalue weighted by molar-refractivity contribution is 0.0696. The Balaban J connectivity index is 1.58. The summed E-state index contributed by atoms with van der Waals surface area (Å²) in [6.07, 6.45) is 3.87. The minimum absolute atomic E-state index is 0.00432. The van der Waals surface area contributed by atoms with E-state index < -0.39 is 18.0 Å². The van der Waals surface area contributed by atoms with Crippen LogP contribution in [0.25, 0.3) is 0 Å². The number of alkyl halides is 2. The summed E-state index contributed by atoms with van der Waals surface area (Å²) in [4.78, 5) is 23.5. The zero-order valence-electron chi connectivity index (χ0n) is 15.5. The van der Waals surface area contributed by atoms with Crippen LogP contribution in [0.3, 0.4) is 0 Å². The third kappa shape index (κ3) is 4.70. The number of aliphatic hydroxyl groups excluding tert-OH is 1. The molecular formula is C19H24Cl2N2O4S. The highest BCUT2D eigenvalue weighted by molar-refractivity contribution is 7.15. The van der Waals surface area contributed by atoms with Gasteiger partial charge in [0.1, 0.15) is 4.88 Å². The monoisotopic (exact) mass is 446 g/mol. The molecule has 9 heteroatoms. The molecular weight excluding hydrogens is 423 g/mol. The van der Waals surface area contributed by atoms with E-state index >= 15 is 0 Å². The van der Waals surface area contributed by atoms with Gasteiger partial charge in [-0.3, -0.25) is 4.79 Å². The van der Waals surface area contributed by atoms with Crippen molar-refractivity contribution in [2.75, 3.05) is 0 Å². The van der Waals surface area contributed by atoms with Gasteiger partial charge in [0, 0.05) is 17.0 Å². The predicted octanol–water partition coefficient (Wildman–Crippen LogP) is 3.95. The summed E-state index contributed by atoms with van der Waals surface area (Å²) in [6.45, 7) is 1.80. The molecule has 0 spiro atoms. The molecule has 0 aliphatic heterocycles. The van der Waals surface area contributed by atoms with E-state index in [2.05, 4.69) is 10.5 Å². The summed E-state index contributed by atoms with van der Waals surface area (Å²) in [5, 5.41) is 23.9. The molecule has 3 N–H and O–H groups in total. The summed E-state index contributed by atoms with van der Waals surface area (Å²) in [6, 6.07) is 2.86. The van der Waals surface area contributed by atoms with Gasteiger partial charge in [-0.15, -0.1) is 34.5 Å². The van der Waals surface area contributed by atoms with Gasteiger partial charge in [0.15, 0.2) is 0 Å². The van der Waals surface area contributed by atoms with Gasteiger partial charge in [0.2, 0.25) is 0 Å². The molecule has 1 aromatic rings. The highest BCUT2D eigenvalue weighted by atomic mass is 35.5. The molecule has 0 saturated heterocycles. The molecule has 2 aliphatic rings. The molecule has 0 radical (unpaired) electrons. The highest BCUT2D eigenvalue weighted by Gasteiger charge is 2.43. The van der Waals surface area contributed by atoms with Crippen LogP contribution < -0.4 is 5.43 Å². The first-order valence-electron chi connectivity index (χ1n) is 9.41. The van der Waals surface area contributed by atoms with Gasteiger partial charge in [-0.05, 0) is 63.0 Å². The van der Waals surface area contributed by atoms with Crippen LogP contribution in [0.2, 0.25) is 0 Å². The quantitative estimate of drug-likeness (QED) is 0.362. The SMILES string of the molecule is C/C(=N\NC(=O)c1ccc(C(=O)O)s1)C1CCC(C2CCC(Cl)C(Cl)C2)C1O. The molecule has 2 aliphatic carbocycles. The molecule has 6 unspecified atom stereocenters. The smallest absolute Gasteiger partial charge is 0.345 e. The molecule has 154 valence electrons. The number of halogens is 2. The minimum Gasteiger partial charge on any atom is -0.477 e. The lowest BCUT2D eigenvalue weighted by atomic mass is 9.77. The van der Waals surface area contributed by atoms with Crippen molar-refractivity contribution in [3.8, 4) is 0 Å². The third-order valence-corrected chi connectivity index (χ3v) is 8.12. The first-order valence-corrected chi connectivity index (χ1v) is 11.1. The summed E-state index contributed by atoms with van der Waals surface area (Å²) < 4.78 is 0. The number of rotatable bonds is 5. The number of aromatic carboxylic acids is 1. The Bertz CT molecular complexity index is 769. The van der Waals surface area contributed by atoms with Crippen LogP contribution in [0.15, 0.2) is 17.2 Å². The second kappa shape index (κ2) is 9.11. The fraction of sp³-hybridized carbons (Fsp3) is 0.632. The zero-order valence-corrected chi connectivity index (χ0v) is 17.8. The number of carbonyl (C=O) groups excluding carboxylic acids is 1. The van der Waals surface area contributed by atoms with Crippen molar-refractivity contribution in [1.29, 1.82) is 0 Å². The first-order chi connectivity index (χ1) is 13.3. The predicted molar refractivity (Wildman–Crippen MR) is 111 cm³/mol. The number of amides is 1. The summed E-state index contributed by atoms with van der Waals surface area (Å²) in [7, 11) is 0. The number of hydrazone groups is 1. The van der Waals surface area contributed by atoms with E-state index in [-0.39, 0.29) is 32.3 Å². The van der Waals surface area contributed by atoms with E-state index in [1.165, 1.54) is 12.1 Å². The Kier molecular flexibility index (Phi) is 7.02. The molecule has 1 amide bonds. The van der Waals surface area contributed by atoms with Crippen molar-refractivity contribution in [3.63, 3.8) is 0 Å². The van der Waals surface area contributed by atoms with Gasteiger partial charge in [0.25, 0.3) is 5.91 Å². The number of carboxylic acids is 1. The van der Waals surface area contributed by atoms with Gasteiger partial charge in [0.05, 0.1) is 16.4 Å². The molecule has 1 heterocycles. The fourth-order valence-corrected chi connectivity index (χ4v) is 5.65. The number of hydrogen-bond donors (Lipinski definition) is 3. The summed E-state index contributed by atoms with van der Waals surface area (Å²) in [5.41, 5.74) is 3.15. The Morgan fingerprint density at radius 1 is 1.14 bits per heavy atom. The largest absolute Gasteiger partial charge is 0.477 e. The Morgan fingerprint density at radius 3 is 2.50 bits per heavy atom. The second-order valence-corrected chi connectivity index (χ2v) is 9.81. The standard InChI is InChI=1S/C19H24Cl2N2O4S/c1-9(22-23-18(25)15-6-7-16(28-15)19(26)27)11-3-4-12(17(11)24)10-2-5-13(20)14(21)8-10/h6-7,10-14,17,24H,2-5,8H2,1H3,(H,23,25)(H,26,27)/b22-9+. The van der Waals surface area contributed by atoms with Crippen LogP contribution in [0, 0.1) is 17.8 Å². The molecule has 1 aromatic heterocycles. The molecule has 3 rings (SSSR count). The van der Waals surface area contributed by atoms with Crippen molar-refractivity contribution in [2.24, 2.45) is 22.9 Å². The van der Waals surface area contributed by atoms with Crippen molar-refractivity contribution in [3.05, 3.63) is 21.9 Å². The normalized spacial score (nSPS) is 33.6. The number of hydrogen-bond acceptors (Lipinski definition) is 5. The van der Waals surface area contributed by atoms with Crippen LogP contribution in [0.1, 0.15) is 58.4 Å². The van der Waals surface area contributed by atoms with E-state index in [0.29, 0.717) is 11.6 Å². The van der Waals surface area contributed by atoms with E-state index in [1.807, 2.05) is 0 Å². The lowest BCUT2D eigenvalue weighted by Crippen LogP contribution is -2.36. The summed E-state index contributed by atoms with van der Waals surface area (Å²) in [5.74, 6) is -1.09. The molecule has 2 fully saturated rings. The van der Waals surface area contributed by atoms with E-state index in [0.717, 1.165) is 43.4 Å². The van der Waals surface area contributed by atoms with Gasteiger partial charge >= 0.3 is 5.97 Å². The molecule has 6 nitrogen and oxygen atoms in total. The van der Waals surface area contributed by atoms with Gasteiger partial charge in [-0.25, -0.2) is 10.2 Å². The van der Waals surface area contributed by atoms with Crippen molar-refractivity contribution >= 4 is 52.1 Å². The van der Waals surface area contributed by atoms with Crippen LogP contribution in [-0.4, -0.2) is 44.7 Å². The maximum Gasteiger partial charge on any atom is 0.345 e. The Labute approximate surface area is 177 Å². The number of nitrogens with zero attached hydrogens (tertiary/aromatic N) is 1. The topological polar surface area (TPSA) is 99.0 Å². The minimum atomic E-state index is -1.06. The van der Waals surface area contributed by atoms with Crippen LogP contribution in [-0.2, 0) is 0 Å². The molecule has 28 heavy (non-hydrogen) atoms. The maximum absolute atomic E-state index is 12.2. The van der Waals surface area contributed by atoms with Crippen molar-refractivity contribution in [1.82, 2.24) is 5.43 Å². The van der Waals surface area contributed by atoms with Crippen LogP contribution >= 0.6 is 34.5 Å². The fourth-order valence-electron chi connectivity index (χ4n) is 4.33. The number of aliphatic hydroxyl groups is 1. The van der Waals surface area contributed by atoms with Crippen molar-refractivity contribution < 1.29 is 19.8 Å². The first kappa shape index (κ1) is 21.6. The average Bonchev–Trinajstić information content (AvgIpc) is 3.29. The van der Waals surface area contributed by atoms with E-state index in [9.17, 15) is 14.7 Å². The molecule has 0 aromatic carbocycles. The number of carbonyl (C=O) groups is 2. The average molecular weight is 447 g/mol. The maximum atomic E-state index is 12.2. The summed E-state index contributed by atoms with van der Waals surface area (Å²) >= 11 is 13.4. The second-order valence-electron chi connectivity index (χ2n) is 7.61. The van der Waals surface area contributed by atoms with E-state index in [4.69, 9.17) is 28.3 Å². The van der Waals surface area contributed by atoms with Gasteiger partial charge < -0.3 is 10.2 Å². The third-order valence-electron chi connectivity index (χ3n) is 5.91. The van der Waals surface area contributed by atoms with Crippen molar-refractivity contribution in [2.45, 2.75) is 55.9 Å². The van der Waals surface area contributed by atoms with Gasteiger partial charge in [-0.2, -0.15) is 5.10 Å². The number of nitrogens with one attached hydrogen (secondary N) is 1. The van der Waals surface area contributed by atoms with Gasteiger partial charge in [-0.1, -0.05) is 0 Å². The molecule has 6 atom stereocenters. The Morgan fingerprint density at radius 2 is 1.86 bits per heavy atom.